The van der Waals surface area contributed by atoms with Gasteiger partial charge < -0.3 is 10.2 Å². The van der Waals surface area contributed by atoms with Crippen molar-refractivity contribution in [3.05, 3.63) is 36.4 Å². The van der Waals surface area contributed by atoms with Crippen LogP contribution in [0.1, 0.15) is 5.89 Å². The summed E-state index contributed by atoms with van der Waals surface area (Å²) in [6.07, 6.45) is 1.81. The Labute approximate surface area is 91.5 Å². The van der Waals surface area contributed by atoms with E-state index in [4.69, 9.17) is 10.2 Å². The molecule has 5 heteroatoms. The van der Waals surface area contributed by atoms with E-state index in [2.05, 4.69) is 10.1 Å². The van der Waals surface area contributed by atoms with Crippen molar-refractivity contribution < 1.29 is 4.42 Å². The number of nitrogens with two attached hydrogens (primary N) is 1. The van der Waals surface area contributed by atoms with E-state index < -0.39 is 0 Å². The van der Waals surface area contributed by atoms with Crippen molar-refractivity contribution in [1.82, 2.24) is 14.8 Å². The molecule has 0 aliphatic rings. The van der Waals surface area contributed by atoms with Gasteiger partial charge in [-0.15, -0.1) is 0 Å². The normalized spacial score (nSPS) is 11.1. The largest absolute Gasteiger partial charge is 0.441 e. The Morgan fingerprint density at radius 1 is 1.31 bits per heavy atom. The summed E-state index contributed by atoms with van der Waals surface area (Å²) in [6, 6.07) is 7.47. The molecule has 0 radical (unpaired) electrons. The minimum Gasteiger partial charge on any atom is -0.441 e. The summed E-state index contributed by atoms with van der Waals surface area (Å²) in [5, 5.41) is 4.13. The minimum absolute atomic E-state index is 0.494. The fraction of sp³-hybridized carbons (Fsp3) is 0.0909. The highest BCUT2D eigenvalue weighted by molar-refractivity contribution is 5.75. The second-order valence-corrected chi connectivity index (χ2v) is 3.57. The van der Waals surface area contributed by atoms with Gasteiger partial charge in [-0.3, -0.25) is 0 Å². The van der Waals surface area contributed by atoms with Crippen molar-refractivity contribution in [2.75, 3.05) is 5.73 Å². The third-order valence-electron chi connectivity index (χ3n) is 2.35. The number of nitrogen functional groups attached to an aromatic ring is 1. The van der Waals surface area contributed by atoms with Crippen LogP contribution in [0.5, 0.6) is 0 Å². The maximum absolute atomic E-state index is 5.56. The van der Waals surface area contributed by atoms with Crippen LogP contribution >= 0.6 is 0 Å². The van der Waals surface area contributed by atoms with Gasteiger partial charge in [-0.05, 0) is 12.1 Å². The molecule has 2 aromatic heterocycles. The Kier molecular flexibility index (Phi) is 1.73. The number of anilines is 1. The van der Waals surface area contributed by atoms with Gasteiger partial charge in [0.15, 0.2) is 11.5 Å². The van der Waals surface area contributed by atoms with Crippen molar-refractivity contribution >= 4 is 16.9 Å². The average Bonchev–Trinajstić information content (AvgIpc) is 2.81. The van der Waals surface area contributed by atoms with E-state index >= 15 is 0 Å². The molecule has 2 heterocycles. The van der Waals surface area contributed by atoms with E-state index in [0.29, 0.717) is 11.7 Å². The zero-order valence-corrected chi connectivity index (χ0v) is 8.71. The zero-order valence-electron chi connectivity index (χ0n) is 8.71. The van der Waals surface area contributed by atoms with E-state index in [1.807, 2.05) is 25.1 Å². The lowest BCUT2D eigenvalue weighted by molar-refractivity contribution is 0.561. The lowest BCUT2D eigenvalue weighted by atomic mass is 10.3. The summed E-state index contributed by atoms with van der Waals surface area (Å²) >= 11 is 0. The lowest BCUT2D eigenvalue weighted by Crippen LogP contribution is -1.95. The standard InChI is InChI=1S/C11H10N4O/c1-7-13-9-3-2-8(6-10(9)16-7)15-5-4-11(12)14-15/h2-6H,1H3,(H2,12,14). The summed E-state index contributed by atoms with van der Waals surface area (Å²) < 4.78 is 7.15. The molecule has 0 bridgehead atoms. The van der Waals surface area contributed by atoms with Crippen molar-refractivity contribution in [2.24, 2.45) is 0 Å². The van der Waals surface area contributed by atoms with Crippen LogP contribution in [-0.2, 0) is 0 Å². The second kappa shape index (κ2) is 3.10. The monoisotopic (exact) mass is 214 g/mol. The van der Waals surface area contributed by atoms with E-state index in [-0.39, 0.29) is 0 Å². The van der Waals surface area contributed by atoms with Crippen LogP contribution < -0.4 is 5.73 Å². The van der Waals surface area contributed by atoms with Gasteiger partial charge in [0.25, 0.3) is 0 Å². The van der Waals surface area contributed by atoms with Crippen LogP contribution in [0, 0.1) is 6.92 Å². The molecule has 0 aliphatic heterocycles. The Hall–Kier alpha value is -2.30. The third kappa shape index (κ3) is 1.33. The number of oxazole rings is 1. The first kappa shape index (κ1) is 8.96. The Balaban J connectivity index is 2.17. The summed E-state index contributed by atoms with van der Waals surface area (Å²) in [4.78, 5) is 4.23. The average molecular weight is 214 g/mol. The topological polar surface area (TPSA) is 69.9 Å². The molecule has 1 aromatic carbocycles. The zero-order chi connectivity index (χ0) is 11.1. The highest BCUT2D eigenvalue weighted by Gasteiger charge is 2.05. The molecule has 5 nitrogen and oxygen atoms in total. The van der Waals surface area contributed by atoms with E-state index in [1.54, 1.807) is 16.9 Å². The van der Waals surface area contributed by atoms with E-state index in [9.17, 15) is 0 Å². The highest BCUT2D eigenvalue weighted by Crippen LogP contribution is 2.19. The van der Waals surface area contributed by atoms with Crippen LogP contribution in [-0.4, -0.2) is 14.8 Å². The molecule has 80 valence electrons. The molecule has 0 atom stereocenters. The summed E-state index contributed by atoms with van der Waals surface area (Å²) in [5.41, 5.74) is 8.07. The second-order valence-electron chi connectivity index (χ2n) is 3.57. The fourth-order valence-electron chi connectivity index (χ4n) is 1.65. The molecule has 0 aliphatic carbocycles. The predicted octanol–water partition coefficient (Wildman–Crippen LogP) is 1.90. The maximum Gasteiger partial charge on any atom is 0.192 e. The predicted molar refractivity (Wildman–Crippen MR) is 60.3 cm³/mol. The first-order valence-electron chi connectivity index (χ1n) is 4.91. The molecule has 0 amide bonds. The lowest BCUT2D eigenvalue weighted by Gasteiger charge is -1.99. The van der Waals surface area contributed by atoms with E-state index in [1.165, 1.54) is 0 Å². The van der Waals surface area contributed by atoms with Gasteiger partial charge >= 0.3 is 0 Å². The number of fused-ring (bicyclic) bond motifs is 1. The number of aromatic nitrogens is 3. The van der Waals surface area contributed by atoms with Crippen LogP contribution in [0.2, 0.25) is 0 Å². The van der Waals surface area contributed by atoms with Gasteiger partial charge in [0, 0.05) is 25.3 Å². The summed E-state index contributed by atoms with van der Waals surface area (Å²) in [6.45, 7) is 1.82. The smallest absolute Gasteiger partial charge is 0.192 e. The molecular formula is C11H10N4O. The minimum atomic E-state index is 0.494. The molecule has 3 aromatic rings. The molecule has 0 saturated heterocycles. The van der Waals surface area contributed by atoms with Gasteiger partial charge in [0.05, 0.1) is 5.69 Å². The molecular weight excluding hydrogens is 204 g/mol. The van der Waals surface area contributed by atoms with Crippen LogP contribution in [0.25, 0.3) is 16.8 Å². The number of nitrogens with zero attached hydrogens (tertiary/aromatic N) is 3. The molecule has 16 heavy (non-hydrogen) atoms. The van der Waals surface area contributed by atoms with Crippen LogP contribution in [0.4, 0.5) is 5.82 Å². The quantitative estimate of drug-likeness (QED) is 0.671. The van der Waals surface area contributed by atoms with Gasteiger partial charge in [0.2, 0.25) is 0 Å². The Morgan fingerprint density at radius 2 is 2.19 bits per heavy atom. The Morgan fingerprint density at radius 3 is 2.94 bits per heavy atom. The molecule has 3 rings (SSSR count). The van der Waals surface area contributed by atoms with Crippen molar-refractivity contribution in [3.63, 3.8) is 0 Å². The molecule has 0 fully saturated rings. The van der Waals surface area contributed by atoms with Crippen molar-refractivity contribution in [1.29, 1.82) is 0 Å². The van der Waals surface area contributed by atoms with E-state index in [0.717, 1.165) is 16.8 Å². The summed E-state index contributed by atoms with van der Waals surface area (Å²) in [7, 11) is 0. The Bertz CT molecular complexity index is 653. The maximum atomic E-state index is 5.56. The van der Waals surface area contributed by atoms with Gasteiger partial charge in [0.1, 0.15) is 11.3 Å². The number of aryl methyl sites for hydroxylation is 1. The molecule has 2 N–H and O–H groups in total. The summed E-state index contributed by atoms with van der Waals surface area (Å²) in [5.74, 6) is 1.15. The van der Waals surface area contributed by atoms with Gasteiger partial charge in [-0.2, -0.15) is 5.10 Å². The van der Waals surface area contributed by atoms with Crippen molar-refractivity contribution in [2.45, 2.75) is 6.92 Å². The molecule has 0 unspecified atom stereocenters. The third-order valence-corrected chi connectivity index (χ3v) is 2.35. The number of rotatable bonds is 1. The first-order valence-corrected chi connectivity index (χ1v) is 4.91. The highest BCUT2D eigenvalue weighted by atomic mass is 16.3. The SMILES string of the molecule is Cc1nc2ccc(-n3ccc(N)n3)cc2o1. The number of hydrogen-bond donors (Lipinski definition) is 1. The number of hydrogen-bond acceptors (Lipinski definition) is 4. The fourth-order valence-corrected chi connectivity index (χ4v) is 1.65. The first-order chi connectivity index (χ1) is 7.72. The van der Waals surface area contributed by atoms with Gasteiger partial charge in [-0.1, -0.05) is 0 Å². The molecule has 0 spiro atoms. The van der Waals surface area contributed by atoms with Crippen LogP contribution in [0.15, 0.2) is 34.9 Å². The van der Waals surface area contributed by atoms with Crippen molar-refractivity contribution in [3.8, 4) is 5.69 Å². The van der Waals surface area contributed by atoms with Gasteiger partial charge in [-0.25, -0.2) is 9.67 Å². The molecule has 0 saturated carbocycles. The number of benzene rings is 1. The van der Waals surface area contributed by atoms with Crippen LogP contribution in [0.3, 0.4) is 0 Å².